The first-order valence-corrected chi connectivity index (χ1v) is 9.89. The average Bonchev–Trinajstić information content (AvgIpc) is 1.36. The molecule has 0 aliphatic carbocycles. The third kappa shape index (κ3) is 86.8. The van der Waals surface area contributed by atoms with Crippen LogP contribution in [-0.4, -0.2) is 6.69 Å². The molecule has 0 atom stereocenters. The van der Waals surface area contributed by atoms with E-state index in [2.05, 4.69) is 63.2 Å². The summed E-state index contributed by atoms with van der Waals surface area (Å²) in [6, 6.07) is 0. The van der Waals surface area contributed by atoms with Gasteiger partial charge in [-0.25, -0.2) is 0 Å². The summed E-state index contributed by atoms with van der Waals surface area (Å²) in [4.78, 5) is 0. The Bertz CT molecular complexity index is 28.4. The molecule has 0 saturated carbocycles. The van der Waals surface area contributed by atoms with E-state index in [0.29, 0.717) is 0 Å². The molecule has 4 heteroatoms. The zero-order valence-corrected chi connectivity index (χ0v) is 9.67. The average molecular weight is 297 g/mol. The minimum absolute atomic E-state index is 0.799. The Morgan fingerprint density at radius 3 is 1.14 bits per heavy atom. The van der Waals surface area contributed by atoms with Crippen LogP contribution < -0.4 is 0 Å². The van der Waals surface area contributed by atoms with Gasteiger partial charge in [0.15, 0.2) is 0 Å². The first kappa shape index (κ1) is 11.5. The van der Waals surface area contributed by atoms with Crippen LogP contribution in [0.1, 0.15) is 0 Å². The topological polar surface area (TPSA) is 0 Å². The molecule has 0 saturated heterocycles. The van der Waals surface area contributed by atoms with Crippen molar-refractivity contribution in [1.82, 2.24) is 0 Å². The van der Waals surface area contributed by atoms with Gasteiger partial charge < -0.3 is 0 Å². The van der Waals surface area contributed by atoms with Crippen LogP contribution in [0.3, 0.4) is 0 Å². The quantitative estimate of drug-likeness (QED) is 0.476. The Morgan fingerprint density at radius 2 is 1.14 bits per heavy atom. The van der Waals surface area contributed by atoms with Crippen LogP contribution in [0, 0.1) is 0 Å². The second-order valence-electron chi connectivity index (χ2n) is 2.07. The number of hydrogen-bond donors (Lipinski definition) is 0. The first-order chi connectivity index (χ1) is 3.00. The molecule has 7 heavy (non-hydrogen) atoms. The molecule has 0 N–H and O–H groups in total. The summed E-state index contributed by atoms with van der Waals surface area (Å²) in [5, 5.41) is 0. The molecule has 0 bridgehead atoms. The van der Waals surface area contributed by atoms with Crippen molar-refractivity contribution >= 4 is 36.1 Å². The molecule has 0 aliphatic heterocycles. The molecule has 0 aliphatic rings. The van der Waals surface area contributed by atoms with Crippen molar-refractivity contribution in [3.63, 3.8) is 0 Å². The first-order valence-electron chi connectivity index (χ1n) is 1.80. The number of rotatable bonds is 0. The summed E-state index contributed by atoms with van der Waals surface area (Å²) >= 11 is 10.0. The monoisotopic (exact) mass is 294 g/mol. The molecule has 0 aromatic carbocycles. The molecule has 0 aromatic rings. The molecule has 0 radical (unpaired) electrons. The van der Waals surface area contributed by atoms with Gasteiger partial charge in [-0.05, 0) is 0 Å². The summed E-state index contributed by atoms with van der Waals surface area (Å²) in [5.74, 6) is 0. The van der Waals surface area contributed by atoms with Crippen LogP contribution in [0.4, 0.5) is 0 Å². The summed E-state index contributed by atoms with van der Waals surface area (Å²) < 4.78 is 0. The van der Waals surface area contributed by atoms with Crippen LogP contribution in [0.2, 0.25) is 19.6 Å². The normalized spacial score (nSPS) is 9.57. The molecular formula is C3H9Br2CuSi. The molecular weight excluding hydrogens is 287 g/mol. The van der Waals surface area contributed by atoms with Gasteiger partial charge in [0.25, 0.3) is 0 Å². The maximum absolute atomic E-state index is 4.00. The van der Waals surface area contributed by atoms with E-state index in [4.69, 9.17) is 0 Å². The standard InChI is InChI=1S/C3H9BrSi.BrH.Cu/c1-5(2,3)4;;/h1-3H3;1H;/q;;+1/p-1. The van der Waals surface area contributed by atoms with Crippen LogP contribution in [0.15, 0.2) is 0 Å². The van der Waals surface area contributed by atoms with E-state index in [1.165, 1.54) is 0 Å². The van der Waals surface area contributed by atoms with E-state index in [9.17, 15) is 0 Å². The Balaban J connectivity index is 0. The SMILES string of the molecule is C[Si](C)(C)Br.[Cu][Br]. The van der Waals surface area contributed by atoms with Crippen LogP contribution >= 0.6 is 29.4 Å². The second kappa shape index (κ2) is 5.83. The van der Waals surface area contributed by atoms with Crippen molar-refractivity contribution < 1.29 is 14.2 Å². The fourth-order valence-corrected chi connectivity index (χ4v) is 0. The Morgan fingerprint density at radius 1 is 1.14 bits per heavy atom. The van der Waals surface area contributed by atoms with E-state index in [0.717, 1.165) is 0 Å². The predicted octanol–water partition coefficient (Wildman–Crippen LogP) is 3.06. The summed E-state index contributed by atoms with van der Waals surface area (Å²) in [7, 11) is 0. The molecule has 50 valence electrons. The molecule has 0 unspecified atom stereocenters. The van der Waals surface area contributed by atoms with Gasteiger partial charge in [-0.3, -0.25) is 0 Å². The number of halogens is 2. The Kier molecular flexibility index (Phi) is 9.56. The van der Waals surface area contributed by atoms with Gasteiger partial charge in [-0.15, -0.1) is 15.3 Å². The van der Waals surface area contributed by atoms with Crippen LogP contribution in [0.25, 0.3) is 0 Å². The third-order valence-electron chi connectivity index (χ3n) is 0. The van der Waals surface area contributed by atoms with E-state index >= 15 is 0 Å². The fraction of sp³-hybridized carbons (Fsp3) is 1.00. The molecule has 0 fully saturated rings. The van der Waals surface area contributed by atoms with Gasteiger partial charge in [-0.2, -0.15) is 0 Å². The number of hydrogen-bond acceptors (Lipinski definition) is 0. The molecule has 0 rings (SSSR count). The van der Waals surface area contributed by atoms with Crippen molar-refractivity contribution in [3.8, 4) is 0 Å². The predicted molar refractivity (Wildman–Crippen MR) is 41.2 cm³/mol. The van der Waals surface area contributed by atoms with Crippen LogP contribution in [-0.2, 0) is 14.2 Å². The van der Waals surface area contributed by atoms with Crippen molar-refractivity contribution in [2.75, 3.05) is 0 Å². The van der Waals surface area contributed by atoms with Crippen molar-refractivity contribution in [3.05, 3.63) is 0 Å². The summed E-state index contributed by atoms with van der Waals surface area (Å²) in [6.07, 6.45) is 0. The van der Waals surface area contributed by atoms with E-state index in [1.807, 2.05) is 0 Å². The van der Waals surface area contributed by atoms with E-state index in [1.54, 1.807) is 0 Å². The molecule has 0 nitrogen and oxygen atoms in total. The zero-order valence-electron chi connectivity index (χ0n) is 4.56. The van der Waals surface area contributed by atoms with Gasteiger partial charge in [0.1, 0.15) is 6.69 Å². The van der Waals surface area contributed by atoms with Gasteiger partial charge >= 0.3 is 28.3 Å². The minimum atomic E-state index is -0.799. The van der Waals surface area contributed by atoms with Crippen LogP contribution in [0.5, 0.6) is 0 Å². The second-order valence-corrected chi connectivity index (χ2v) is 13.3. The third-order valence-corrected chi connectivity index (χ3v) is 0. The van der Waals surface area contributed by atoms with Gasteiger partial charge in [0.2, 0.25) is 0 Å². The van der Waals surface area contributed by atoms with Crippen molar-refractivity contribution in [1.29, 1.82) is 0 Å². The zero-order chi connectivity index (χ0) is 6.50. The van der Waals surface area contributed by atoms with E-state index < -0.39 is 6.69 Å². The van der Waals surface area contributed by atoms with Gasteiger partial charge in [0.05, 0.1) is 0 Å². The maximum atomic E-state index is 4.00. The van der Waals surface area contributed by atoms with Crippen molar-refractivity contribution in [2.45, 2.75) is 19.6 Å². The summed E-state index contributed by atoms with van der Waals surface area (Å²) in [6.45, 7) is 5.93. The van der Waals surface area contributed by atoms with E-state index in [-0.39, 0.29) is 0 Å². The molecule has 0 amide bonds. The fourth-order valence-electron chi connectivity index (χ4n) is 0. The van der Waals surface area contributed by atoms with Gasteiger partial charge in [-0.1, -0.05) is 19.6 Å². The Hall–Kier alpha value is 1.70. The van der Waals surface area contributed by atoms with Crippen molar-refractivity contribution in [2.24, 2.45) is 0 Å². The molecule has 0 spiro atoms. The molecule has 0 aromatic heterocycles. The molecule has 0 heterocycles. The van der Waals surface area contributed by atoms with Gasteiger partial charge in [0, 0.05) is 0 Å². The summed E-state index contributed by atoms with van der Waals surface area (Å²) in [5.41, 5.74) is 0. The Labute approximate surface area is 69.5 Å².